The van der Waals surface area contributed by atoms with Gasteiger partial charge in [0.25, 0.3) is 0 Å². The van der Waals surface area contributed by atoms with E-state index >= 15 is 0 Å². The number of nitrogens with zero attached hydrogens (tertiary/aromatic N) is 1. The Bertz CT molecular complexity index is 901. The standard InChI is InChI=1S/C19H23BrFNO4S/c1-13-5-8-18(14(2)9-13)27(23,24)22(12-19(25-3)26-4)11-15-6-7-16(20)10-17(15)21/h5-10,19H,11-12H2,1-4H3. The quantitative estimate of drug-likeness (QED) is 0.559. The van der Waals surface area contributed by atoms with E-state index in [4.69, 9.17) is 9.47 Å². The summed E-state index contributed by atoms with van der Waals surface area (Å²) in [5.41, 5.74) is 1.85. The highest BCUT2D eigenvalue weighted by molar-refractivity contribution is 9.10. The van der Waals surface area contributed by atoms with E-state index in [0.29, 0.717) is 10.0 Å². The largest absolute Gasteiger partial charge is 0.354 e. The average Bonchev–Trinajstić information content (AvgIpc) is 2.59. The van der Waals surface area contributed by atoms with E-state index in [2.05, 4.69) is 15.9 Å². The van der Waals surface area contributed by atoms with Gasteiger partial charge in [-0.15, -0.1) is 0 Å². The lowest BCUT2D eigenvalue weighted by Gasteiger charge is -2.26. The number of hydrogen-bond donors (Lipinski definition) is 0. The van der Waals surface area contributed by atoms with E-state index in [0.717, 1.165) is 5.56 Å². The first-order valence-electron chi connectivity index (χ1n) is 8.26. The molecule has 0 atom stereocenters. The number of aryl methyl sites for hydroxylation is 2. The molecule has 0 saturated heterocycles. The fourth-order valence-electron chi connectivity index (χ4n) is 2.73. The molecule has 0 aliphatic carbocycles. The monoisotopic (exact) mass is 459 g/mol. The Morgan fingerprint density at radius 3 is 2.33 bits per heavy atom. The molecular weight excluding hydrogens is 437 g/mol. The summed E-state index contributed by atoms with van der Waals surface area (Å²) in [7, 11) is -1.04. The van der Waals surface area contributed by atoms with Crippen LogP contribution in [0, 0.1) is 19.7 Å². The van der Waals surface area contributed by atoms with Crippen LogP contribution < -0.4 is 0 Å². The Labute approximate surface area is 168 Å². The summed E-state index contributed by atoms with van der Waals surface area (Å²) < 4.78 is 53.0. The van der Waals surface area contributed by atoms with Gasteiger partial charge in [-0.25, -0.2) is 12.8 Å². The number of sulfonamides is 1. The van der Waals surface area contributed by atoms with Crippen LogP contribution in [-0.4, -0.2) is 39.8 Å². The Morgan fingerprint density at radius 1 is 1.11 bits per heavy atom. The van der Waals surface area contributed by atoms with Gasteiger partial charge in [-0.1, -0.05) is 39.7 Å². The summed E-state index contributed by atoms with van der Waals surface area (Å²) in [4.78, 5) is 0.177. The maximum absolute atomic E-state index is 14.3. The van der Waals surface area contributed by atoms with Crippen molar-refractivity contribution in [3.05, 3.63) is 63.4 Å². The third-order valence-corrected chi connectivity index (χ3v) is 6.65. The summed E-state index contributed by atoms with van der Waals surface area (Å²) in [6.45, 7) is 3.42. The van der Waals surface area contributed by atoms with Crippen molar-refractivity contribution in [2.45, 2.75) is 31.6 Å². The Balaban J connectivity index is 2.47. The number of rotatable bonds is 8. The van der Waals surface area contributed by atoms with Crippen molar-refractivity contribution in [3.8, 4) is 0 Å². The number of ether oxygens (including phenoxy) is 2. The average molecular weight is 460 g/mol. The molecule has 148 valence electrons. The van der Waals surface area contributed by atoms with Gasteiger partial charge in [-0.05, 0) is 37.6 Å². The molecule has 0 aromatic heterocycles. The van der Waals surface area contributed by atoms with Gasteiger partial charge in [-0.2, -0.15) is 4.31 Å². The minimum Gasteiger partial charge on any atom is -0.354 e. The molecule has 27 heavy (non-hydrogen) atoms. The van der Waals surface area contributed by atoms with Gasteiger partial charge in [-0.3, -0.25) is 0 Å². The summed E-state index contributed by atoms with van der Waals surface area (Å²) in [5, 5.41) is 0. The van der Waals surface area contributed by atoms with Crippen molar-refractivity contribution >= 4 is 26.0 Å². The fourth-order valence-corrected chi connectivity index (χ4v) is 4.67. The SMILES string of the molecule is COC(CN(Cc1ccc(Br)cc1F)S(=O)(=O)c1ccc(C)cc1C)OC. The van der Waals surface area contributed by atoms with Crippen molar-refractivity contribution in [2.24, 2.45) is 0 Å². The highest BCUT2D eigenvalue weighted by Crippen LogP contribution is 2.25. The second-order valence-corrected chi connectivity index (χ2v) is 9.03. The first kappa shape index (κ1) is 22.0. The van der Waals surface area contributed by atoms with Gasteiger partial charge in [0, 0.05) is 30.8 Å². The van der Waals surface area contributed by atoms with E-state index in [1.54, 1.807) is 37.3 Å². The van der Waals surface area contributed by atoms with Crippen molar-refractivity contribution in [2.75, 3.05) is 20.8 Å². The third-order valence-electron chi connectivity index (χ3n) is 4.19. The van der Waals surface area contributed by atoms with Gasteiger partial charge in [0.15, 0.2) is 6.29 Å². The van der Waals surface area contributed by atoms with Crippen LogP contribution in [0.1, 0.15) is 16.7 Å². The molecule has 5 nitrogen and oxygen atoms in total. The van der Waals surface area contributed by atoms with Crippen LogP contribution in [0.5, 0.6) is 0 Å². The molecule has 0 unspecified atom stereocenters. The van der Waals surface area contributed by atoms with Crippen LogP contribution >= 0.6 is 15.9 Å². The van der Waals surface area contributed by atoms with Crippen LogP contribution in [-0.2, 0) is 26.0 Å². The number of methoxy groups -OCH3 is 2. The molecule has 0 saturated carbocycles. The highest BCUT2D eigenvalue weighted by Gasteiger charge is 2.29. The summed E-state index contributed by atoms with van der Waals surface area (Å²) in [6.07, 6.45) is -0.774. The zero-order valence-electron chi connectivity index (χ0n) is 15.7. The molecule has 2 aromatic rings. The minimum absolute atomic E-state index is 0.0713. The molecule has 0 radical (unpaired) electrons. The van der Waals surface area contributed by atoms with Crippen molar-refractivity contribution in [3.63, 3.8) is 0 Å². The lowest BCUT2D eigenvalue weighted by atomic mass is 10.2. The zero-order valence-corrected chi connectivity index (χ0v) is 18.1. The van der Waals surface area contributed by atoms with E-state index < -0.39 is 22.1 Å². The smallest absolute Gasteiger partial charge is 0.243 e. The van der Waals surface area contributed by atoms with Crippen molar-refractivity contribution in [1.82, 2.24) is 4.31 Å². The number of hydrogen-bond acceptors (Lipinski definition) is 4. The molecule has 0 bridgehead atoms. The van der Waals surface area contributed by atoms with Gasteiger partial charge in [0.2, 0.25) is 10.0 Å². The molecule has 0 spiro atoms. The lowest BCUT2D eigenvalue weighted by molar-refractivity contribution is -0.108. The number of halogens is 2. The Morgan fingerprint density at radius 2 is 1.78 bits per heavy atom. The molecule has 8 heteroatoms. The molecule has 2 rings (SSSR count). The molecule has 0 heterocycles. The molecule has 0 fully saturated rings. The predicted octanol–water partition coefficient (Wildman–Crippen LogP) is 4.01. The van der Waals surface area contributed by atoms with Gasteiger partial charge >= 0.3 is 0 Å². The van der Waals surface area contributed by atoms with Crippen molar-refractivity contribution in [1.29, 1.82) is 0 Å². The van der Waals surface area contributed by atoms with Crippen LogP contribution in [0.3, 0.4) is 0 Å². The van der Waals surface area contributed by atoms with Gasteiger partial charge in [0.1, 0.15) is 5.82 Å². The van der Waals surface area contributed by atoms with Crippen LogP contribution in [0.15, 0.2) is 45.8 Å². The summed E-state index contributed by atoms with van der Waals surface area (Å²) in [5.74, 6) is -0.489. The van der Waals surface area contributed by atoms with Crippen LogP contribution in [0.25, 0.3) is 0 Å². The highest BCUT2D eigenvalue weighted by atomic mass is 79.9. The topological polar surface area (TPSA) is 55.8 Å². The fraction of sp³-hybridized carbons (Fsp3) is 0.368. The van der Waals surface area contributed by atoms with Gasteiger partial charge in [0.05, 0.1) is 11.4 Å². The van der Waals surface area contributed by atoms with Gasteiger partial charge < -0.3 is 9.47 Å². The first-order valence-corrected chi connectivity index (χ1v) is 10.5. The molecule has 0 aliphatic rings. The lowest BCUT2D eigenvalue weighted by Crippen LogP contribution is -2.39. The second kappa shape index (κ2) is 9.25. The molecular formula is C19H23BrFNO4S. The van der Waals surface area contributed by atoms with Crippen LogP contribution in [0.4, 0.5) is 4.39 Å². The van der Waals surface area contributed by atoms with E-state index in [1.165, 1.54) is 24.6 Å². The molecule has 0 amide bonds. The third kappa shape index (κ3) is 5.36. The van der Waals surface area contributed by atoms with E-state index in [9.17, 15) is 12.8 Å². The van der Waals surface area contributed by atoms with E-state index in [1.807, 2.05) is 6.92 Å². The maximum atomic E-state index is 14.3. The normalized spacial score (nSPS) is 12.1. The zero-order chi connectivity index (χ0) is 20.2. The first-order chi connectivity index (χ1) is 12.7. The molecule has 0 N–H and O–H groups in total. The van der Waals surface area contributed by atoms with Crippen LogP contribution in [0.2, 0.25) is 0 Å². The molecule has 2 aromatic carbocycles. The summed E-state index contributed by atoms with van der Waals surface area (Å²) >= 11 is 3.21. The molecule has 0 aliphatic heterocycles. The predicted molar refractivity (Wildman–Crippen MR) is 105 cm³/mol. The maximum Gasteiger partial charge on any atom is 0.243 e. The summed E-state index contributed by atoms with van der Waals surface area (Å²) in [6, 6.07) is 9.64. The second-order valence-electron chi connectivity index (χ2n) is 6.20. The van der Waals surface area contributed by atoms with Crippen molar-refractivity contribution < 1.29 is 22.3 Å². The van der Waals surface area contributed by atoms with E-state index in [-0.39, 0.29) is 23.5 Å². The Kier molecular flexibility index (Phi) is 7.53. The minimum atomic E-state index is -3.89. The number of benzene rings is 2. The Hall–Kier alpha value is -1.32.